The van der Waals surface area contributed by atoms with Crippen molar-refractivity contribution in [2.45, 2.75) is 18.8 Å². The highest BCUT2D eigenvalue weighted by Gasteiger charge is 2.35. The molecule has 0 radical (unpaired) electrons. The first-order valence-electron chi connectivity index (χ1n) is 17.7. The van der Waals surface area contributed by atoms with Crippen LogP contribution in [-0.2, 0) is 5.41 Å². The number of benzene rings is 7. The maximum absolute atomic E-state index is 3.76. The van der Waals surface area contributed by atoms with E-state index in [1.54, 1.807) is 0 Å². The molecule has 0 bridgehead atoms. The Kier molecular flexibility index (Phi) is 7.71. The van der Waals surface area contributed by atoms with E-state index in [-0.39, 0.29) is 5.41 Å². The molecule has 8 aromatic rings. The third kappa shape index (κ3) is 5.65. The van der Waals surface area contributed by atoms with Crippen molar-refractivity contribution in [2.24, 2.45) is 0 Å². The smallest absolute Gasteiger partial charge is 0.0547 e. The Morgan fingerprint density at radius 3 is 1.82 bits per heavy atom. The van der Waals surface area contributed by atoms with E-state index in [0.29, 0.717) is 0 Å². The highest BCUT2D eigenvalue weighted by molar-refractivity contribution is 6.11. The van der Waals surface area contributed by atoms with Crippen molar-refractivity contribution in [1.29, 1.82) is 0 Å². The van der Waals surface area contributed by atoms with E-state index in [1.807, 2.05) is 0 Å². The summed E-state index contributed by atoms with van der Waals surface area (Å²) in [6.07, 6.45) is 5.48. The predicted octanol–water partition coefficient (Wildman–Crippen LogP) is 12.9. The summed E-state index contributed by atoms with van der Waals surface area (Å²) in [5, 5.41) is 6.27. The molecule has 0 saturated heterocycles. The summed E-state index contributed by atoms with van der Waals surface area (Å²) < 4.78 is 2.42. The van der Waals surface area contributed by atoms with Gasteiger partial charge in [0.15, 0.2) is 0 Å². The minimum atomic E-state index is -0.225. The Morgan fingerprint density at radius 2 is 1.08 bits per heavy atom. The van der Waals surface area contributed by atoms with E-state index in [1.165, 1.54) is 66.5 Å². The molecule has 1 unspecified atom stereocenters. The van der Waals surface area contributed by atoms with Gasteiger partial charge in [-0.15, -0.1) is 0 Å². The zero-order valence-electron chi connectivity index (χ0n) is 28.6. The molecule has 0 spiro atoms. The van der Waals surface area contributed by atoms with E-state index in [0.717, 1.165) is 17.8 Å². The van der Waals surface area contributed by atoms with Crippen LogP contribution < -0.4 is 5.32 Å². The molecule has 0 saturated carbocycles. The number of hydrogen-bond acceptors (Lipinski definition) is 1. The van der Waals surface area contributed by atoms with E-state index in [4.69, 9.17) is 0 Å². The van der Waals surface area contributed by atoms with Gasteiger partial charge in [-0.05, 0) is 107 Å². The summed E-state index contributed by atoms with van der Waals surface area (Å²) >= 11 is 0. The zero-order chi connectivity index (χ0) is 34.2. The molecule has 1 atom stereocenters. The summed E-state index contributed by atoms with van der Waals surface area (Å²) in [4.78, 5) is 0. The van der Waals surface area contributed by atoms with Gasteiger partial charge in [-0.1, -0.05) is 140 Å². The zero-order valence-corrected chi connectivity index (χ0v) is 28.6. The number of aromatic nitrogens is 1. The topological polar surface area (TPSA) is 17.0 Å². The first-order valence-corrected chi connectivity index (χ1v) is 17.7. The van der Waals surface area contributed by atoms with Gasteiger partial charge >= 0.3 is 0 Å². The molecule has 7 aromatic carbocycles. The highest BCUT2D eigenvalue weighted by atomic mass is 15.0. The van der Waals surface area contributed by atoms with E-state index in [9.17, 15) is 0 Å². The quantitative estimate of drug-likeness (QED) is 0.181. The van der Waals surface area contributed by atoms with Gasteiger partial charge in [0, 0.05) is 33.3 Å². The Hall–Kier alpha value is -6.38. The molecule has 1 N–H and O–H groups in total. The summed E-state index contributed by atoms with van der Waals surface area (Å²) in [7, 11) is 0. The Bertz CT molecular complexity index is 2560. The summed E-state index contributed by atoms with van der Waals surface area (Å²) in [6.45, 7) is 2.37. The lowest BCUT2D eigenvalue weighted by Crippen LogP contribution is -2.31. The average Bonchev–Trinajstić information content (AvgIpc) is 3.53. The maximum Gasteiger partial charge on any atom is 0.0547 e. The largest absolute Gasteiger partial charge is 0.358 e. The van der Waals surface area contributed by atoms with Crippen LogP contribution in [0.3, 0.4) is 0 Å². The summed E-state index contributed by atoms with van der Waals surface area (Å²) in [5.74, 6) is 0. The minimum Gasteiger partial charge on any atom is -0.358 e. The molecule has 0 fully saturated rings. The fourth-order valence-corrected chi connectivity index (χ4v) is 7.79. The van der Waals surface area contributed by atoms with Crippen LogP contribution in [0.1, 0.15) is 24.5 Å². The Labute approximate surface area is 299 Å². The minimum absolute atomic E-state index is 0.225. The molecule has 0 amide bonds. The number of rotatable bonds is 7. The lowest BCUT2D eigenvalue weighted by molar-refractivity contribution is 0.572. The summed E-state index contributed by atoms with van der Waals surface area (Å²) in [5.41, 5.74) is 14.4. The molecule has 9 rings (SSSR count). The fourth-order valence-electron chi connectivity index (χ4n) is 7.79. The second-order valence-electron chi connectivity index (χ2n) is 13.7. The molecular weight excluding hydrogens is 617 g/mol. The van der Waals surface area contributed by atoms with Crippen LogP contribution in [0, 0.1) is 0 Å². The van der Waals surface area contributed by atoms with Crippen molar-refractivity contribution in [3.63, 3.8) is 0 Å². The van der Waals surface area contributed by atoms with Crippen LogP contribution in [0.25, 0.3) is 55.3 Å². The molecule has 2 heteroatoms. The standard InChI is InChI=1S/C49H38N2/c1-49(41-19-8-3-9-20-41)34-40(27-30-48(49)50-42-21-10-4-11-22-42)38-26-29-46-45(32-38)44-28-25-39(33-47(44)51(46)43-23-12-5-13-24-43)37-18-14-17-36(31-37)35-15-6-2-7-16-35/h2-33,50H,34H2,1H3. The molecule has 1 heterocycles. The molecule has 1 aliphatic carbocycles. The lowest BCUT2D eigenvalue weighted by Gasteiger charge is -2.37. The van der Waals surface area contributed by atoms with Crippen LogP contribution in [-0.4, -0.2) is 4.57 Å². The van der Waals surface area contributed by atoms with Gasteiger partial charge in [0.2, 0.25) is 0 Å². The Balaban J connectivity index is 1.17. The monoisotopic (exact) mass is 654 g/mol. The first-order chi connectivity index (χ1) is 25.1. The average molecular weight is 655 g/mol. The number of nitrogens with zero attached hydrogens (tertiary/aromatic N) is 1. The van der Waals surface area contributed by atoms with Gasteiger partial charge < -0.3 is 9.88 Å². The molecule has 2 nitrogen and oxygen atoms in total. The number of anilines is 1. The predicted molar refractivity (Wildman–Crippen MR) is 216 cm³/mol. The van der Waals surface area contributed by atoms with Crippen molar-refractivity contribution in [2.75, 3.05) is 5.32 Å². The number of hydrogen-bond donors (Lipinski definition) is 1. The van der Waals surface area contributed by atoms with Gasteiger partial charge in [0.05, 0.1) is 11.0 Å². The SMILES string of the molecule is CC1(c2ccccc2)CC(c2ccc3c(c2)c2ccc(-c4cccc(-c5ccccc5)c4)cc2n3-c2ccccc2)=CC=C1Nc1ccccc1. The van der Waals surface area contributed by atoms with Gasteiger partial charge in [-0.25, -0.2) is 0 Å². The molecule has 1 aliphatic rings. The molecule has 0 aliphatic heterocycles. The van der Waals surface area contributed by atoms with Crippen molar-refractivity contribution in [1.82, 2.24) is 4.57 Å². The van der Waals surface area contributed by atoms with Crippen molar-refractivity contribution in [3.05, 3.63) is 211 Å². The van der Waals surface area contributed by atoms with E-state index < -0.39 is 0 Å². The van der Waals surface area contributed by atoms with Gasteiger partial charge in [0.25, 0.3) is 0 Å². The van der Waals surface area contributed by atoms with Crippen LogP contribution in [0.5, 0.6) is 0 Å². The fraction of sp³-hybridized carbons (Fsp3) is 0.0612. The normalized spacial score (nSPS) is 15.8. The van der Waals surface area contributed by atoms with E-state index in [2.05, 4.69) is 211 Å². The lowest BCUT2D eigenvalue weighted by atomic mass is 9.70. The van der Waals surface area contributed by atoms with Gasteiger partial charge in [0.1, 0.15) is 0 Å². The molecular formula is C49H38N2. The first kappa shape index (κ1) is 30.7. The molecule has 244 valence electrons. The van der Waals surface area contributed by atoms with Gasteiger partial charge in [-0.2, -0.15) is 0 Å². The van der Waals surface area contributed by atoms with Crippen molar-refractivity contribution < 1.29 is 0 Å². The third-order valence-corrected chi connectivity index (χ3v) is 10.5. The third-order valence-electron chi connectivity index (χ3n) is 10.5. The van der Waals surface area contributed by atoms with Crippen molar-refractivity contribution >= 4 is 33.1 Å². The second kappa shape index (κ2) is 12.8. The number of allylic oxidation sites excluding steroid dienone is 4. The van der Waals surface area contributed by atoms with Gasteiger partial charge in [-0.3, -0.25) is 0 Å². The second-order valence-corrected chi connectivity index (χ2v) is 13.7. The molecule has 1 aromatic heterocycles. The van der Waals surface area contributed by atoms with Crippen LogP contribution >= 0.6 is 0 Å². The van der Waals surface area contributed by atoms with Crippen LogP contribution in [0.4, 0.5) is 5.69 Å². The number of nitrogens with one attached hydrogen (secondary N) is 1. The Morgan fingerprint density at radius 1 is 0.471 bits per heavy atom. The van der Waals surface area contributed by atoms with E-state index >= 15 is 0 Å². The highest BCUT2D eigenvalue weighted by Crippen LogP contribution is 2.45. The number of para-hydroxylation sites is 2. The van der Waals surface area contributed by atoms with Crippen molar-refractivity contribution in [3.8, 4) is 27.9 Å². The maximum atomic E-state index is 3.76. The van der Waals surface area contributed by atoms with Crippen LogP contribution in [0.15, 0.2) is 200 Å². The number of fused-ring (bicyclic) bond motifs is 3. The molecule has 51 heavy (non-hydrogen) atoms. The summed E-state index contributed by atoms with van der Waals surface area (Å²) in [6, 6.07) is 65.6. The van der Waals surface area contributed by atoms with Crippen LogP contribution in [0.2, 0.25) is 0 Å².